The van der Waals surface area contributed by atoms with Gasteiger partial charge in [0.05, 0.1) is 27.4 Å². The van der Waals surface area contributed by atoms with Gasteiger partial charge in [0.1, 0.15) is 10.7 Å². The molecule has 0 unspecified atom stereocenters. The van der Waals surface area contributed by atoms with Crippen LogP contribution >= 0.6 is 0 Å². The van der Waals surface area contributed by atoms with Crippen LogP contribution in [0.3, 0.4) is 0 Å². The number of nitrogens with one attached hydrogen (secondary N) is 1. The van der Waals surface area contributed by atoms with E-state index in [4.69, 9.17) is 14.2 Å². The smallest absolute Gasteiger partial charge is 0.255 e. The number of morpholine rings is 1. The monoisotopic (exact) mass is 424 g/mol. The molecule has 0 saturated carbocycles. The zero-order chi connectivity index (χ0) is 21.0. The molecule has 1 aliphatic rings. The van der Waals surface area contributed by atoms with Crippen LogP contribution in [-0.2, 0) is 14.8 Å². The van der Waals surface area contributed by atoms with Crippen LogP contribution in [0.2, 0.25) is 0 Å². The molecular formula is C19H21FN2O6S. The molecule has 2 aromatic carbocycles. The molecule has 156 valence electrons. The molecule has 1 N–H and O–H groups in total. The van der Waals surface area contributed by atoms with Crippen molar-refractivity contribution >= 4 is 21.6 Å². The van der Waals surface area contributed by atoms with E-state index < -0.39 is 26.6 Å². The molecule has 0 aromatic heterocycles. The molecule has 29 heavy (non-hydrogen) atoms. The maximum atomic E-state index is 14.3. The lowest BCUT2D eigenvalue weighted by molar-refractivity contribution is 0.0729. The summed E-state index contributed by atoms with van der Waals surface area (Å²) in [6.45, 7) is 0.730. The highest BCUT2D eigenvalue weighted by atomic mass is 32.2. The largest absolute Gasteiger partial charge is 0.493 e. The lowest BCUT2D eigenvalue weighted by atomic mass is 10.2. The molecule has 1 saturated heterocycles. The highest BCUT2D eigenvalue weighted by Crippen LogP contribution is 2.30. The van der Waals surface area contributed by atoms with Crippen molar-refractivity contribution in [1.29, 1.82) is 0 Å². The molecule has 1 fully saturated rings. The lowest BCUT2D eigenvalue weighted by Crippen LogP contribution is -2.41. The first kappa shape index (κ1) is 21.0. The van der Waals surface area contributed by atoms with Crippen LogP contribution in [-0.4, -0.2) is 59.2 Å². The summed E-state index contributed by atoms with van der Waals surface area (Å²) in [5.41, 5.74) is 0.419. The van der Waals surface area contributed by atoms with Gasteiger partial charge in [-0.1, -0.05) is 0 Å². The Labute approximate surface area is 168 Å². The van der Waals surface area contributed by atoms with Crippen molar-refractivity contribution in [2.75, 3.05) is 45.8 Å². The number of hydrogen-bond acceptors (Lipinski definition) is 6. The lowest BCUT2D eigenvalue weighted by Gasteiger charge is -2.26. The van der Waals surface area contributed by atoms with Crippen LogP contribution < -0.4 is 14.8 Å². The highest BCUT2D eigenvalue weighted by Gasteiger charge is 2.29. The summed E-state index contributed by atoms with van der Waals surface area (Å²) in [5, 5.41) is 2.64. The number of anilines is 1. The Morgan fingerprint density at radius 3 is 2.41 bits per heavy atom. The van der Waals surface area contributed by atoms with Crippen molar-refractivity contribution in [3.05, 3.63) is 47.8 Å². The first-order valence-corrected chi connectivity index (χ1v) is 10.2. The van der Waals surface area contributed by atoms with Crippen molar-refractivity contribution in [3.8, 4) is 11.5 Å². The predicted molar refractivity (Wildman–Crippen MR) is 103 cm³/mol. The minimum absolute atomic E-state index is 0.00743. The van der Waals surface area contributed by atoms with Crippen LogP contribution in [0.4, 0.5) is 10.1 Å². The third-order valence-electron chi connectivity index (χ3n) is 4.42. The average Bonchev–Trinajstić information content (AvgIpc) is 2.74. The molecule has 1 aliphatic heterocycles. The summed E-state index contributed by atoms with van der Waals surface area (Å²) in [7, 11) is -1.12. The van der Waals surface area contributed by atoms with Crippen molar-refractivity contribution in [2.24, 2.45) is 0 Å². The molecule has 8 nitrogen and oxygen atoms in total. The SMILES string of the molecule is COc1ccc(NC(=O)c2ccc(F)c(S(=O)(=O)N3CCOCC3)c2)cc1OC. The molecule has 0 atom stereocenters. The van der Waals surface area contributed by atoms with Gasteiger partial charge in [-0.3, -0.25) is 4.79 Å². The summed E-state index contributed by atoms with van der Waals surface area (Å²) < 4.78 is 56.4. The van der Waals surface area contributed by atoms with Crippen LogP contribution in [0, 0.1) is 5.82 Å². The van der Waals surface area contributed by atoms with Gasteiger partial charge in [-0.25, -0.2) is 12.8 Å². The van der Waals surface area contributed by atoms with Gasteiger partial charge < -0.3 is 19.5 Å². The van der Waals surface area contributed by atoms with E-state index in [0.717, 1.165) is 16.4 Å². The van der Waals surface area contributed by atoms with E-state index >= 15 is 0 Å². The number of sulfonamides is 1. The first-order valence-electron chi connectivity index (χ1n) is 8.77. The van der Waals surface area contributed by atoms with Gasteiger partial charge in [-0.2, -0.15) is 4.31 Å². The summed E-state index contributed by atoms with van der Waals surface area (Å²) in [4.78, 5) is 12.1. The Hall–Kier alpha value is -2.69. The van der Waals surface area contributed by atoms with Crippen LogP contribution in [0.5, 0.6) is 11.5 Å². The number of amides is 1. The quantitative estimate of drug-likeness (QED) is 0.764. The number of methoxy groups -OCH3 is 2. The van der Waals surface area contributed by atoms with E-state index in [-0.39, 0.29) is 31.9 Å². The molecule has 1 amide bonds. The molecule has 3 rings (SSSR count). The highest BCUT2D eigenvalue weighted by molar-refractivity contribution is 7.89. The fraction of sp³-hybridized carbons (Fsp3) is 0.316. The molecule has 2 aromatic rings. The van der Waals surface area contributed by atoms with Crippen LogP contribution in [0.1, 0.15) is 10.4 Å². The Balaban J connectivity index is 1.86. The second kappa shape index (κ2) is 8.76. The van der Waals surface area contributed by atoms with Crippen molar-refractivity contribution in [3.63, 3.8) is 0 Å². The van der Waals surface area contributed by atoms with E-state index in [1.165, 1.54) is 20.3 Å². The second-order valence-electron chi connectivity index (χ2n) is 6.19. The third-order valence-corrected chi connectivity index (χ3v) is 6.34. The van der Waals surface area contributed by atoms with Crippen molar-refractivity contribution in [2.45, 2.75) is 4.90 Å². The summed E-state index contributed by atoms with van der Waals surface area (Å²) in [6.07, 6.45) is 0. The molecule has 10 heteroatoms. The van der Waals surface area contributed by atoms with Crippen LogP contribution in [0.15, 0.2) is 41.3 Å². The Bertz CT molecular complexity index is 1010. The predicted octanol–water partition coefficient (Wildman–Crippen LogP) is 2.12. The van der Waals surface area contributed by atoms with Gasteiger partial charge in [0.2, 0.25) is 10.0 Å². The zero-order valence-corrected chi connectivity index (χ0v) is 16.8. The molecule has 0 spiro atoms. The summed E-state index contributed by atoms with van der Waals surface area (Å²) >= 11 is 0. The van der Waals surface area contributed by atoms with Gasteiger partial charge >= 0.3 is 0 Å². The number of halogens is 1. The number of rotatable bonds is 6. The standard InChI is InChI=1S/C19H21FN2O6S/c1-26-16-6-4-14(12-17(16)27-2)21-19(23)13-3-5-15(20)18(11-13)29(24,25)22-7-9-28-10-8-22/h3-6,11-12H,7-10H2,1-2H3,(H,21,23). The third kappa shape index (κ3) is 4.50. The minimum Gasteiger partial charge on any atom is -0.493 e. The minimum atomic E-state index is -4.08. The van der Waals surface area contributed by atoms with E-state index in [0.29, 0.717) is 17.2 Å². The molecular weight excluding hydrogens is 403 g/mol. The number of carbonyl (C=O) groups is 1. The van der Waals surface area contributed by atoms with Gasteiger partial charge in [0.25, 0.3) is 5.91 Å². The van der Waals surface area contributed by atoms with E-state index in [2.05, 4.69) is 5.32 Å². The first-order chi connectivity index (χ1) is 13.9. The van der Waals surface area contributed by atoms with Crippen molar-refractivity contribution in [1.82, 2.24) is 4.31 Å². The van der Waals surface area contributed by atoms with E-state index in [9.17, 15) is 17.6 Å². The van der Waals surface area contributed by atoms with E-state index in [1.807, 2.05) is 0 Å². The fourth-order valence-corrected chi connectivity index (χ4v) is 4.38. The topological polar surface area (TPSA) is 94.2 Å². The van der Waals surface area contributed by atoms with Gasteiger partial charge in [-0.15, -0.1) is 0 Å². The fourth-order valence-electron chi connectivity index (χ4n) is 2.89. The number of ether oxygens (including phenoxy) is 3. The zero-order valence-electron chi connectivity index (χ0n) is 16.0. The van der Waals surface area contributed by atoms with Crippen molar-refractivity contribution < 1.29 is 31.8 Å². The van der Waals surface area contributed by atoms with Gasteiger partial charge in [0.15, 0.2) is 11.5 Å². The van der Waals surface area contributed by atoms with Gasteiger partial charge in [-0.05, 0) is 30.3 Å². The van der Waals surface area contributed by atoms with Crippen LogP contribution in [0.25, 0.3) is 0 Å². The Morgan fingerprint density at radius 2 is 1.76 bits per heavy atom. The maximum Gasteiger partial charge on any atom is 0.255 e. The molecule has 1 heterocycles. The molecule has 0 aliphatic carbocycles. The molecule has 0 radical (unpaired) electrons. The Morgan fingerprint density at radius 1 is 1.07 bits per heavy atom. The number of hydrogen-bond donors (Lipinski definition) is 1. The normalized spacial score (nSPS) is 15.0. The molecule has 0 bridgehead atoms. The number of benzene rings is 2. The Kier molecular flexibility index (Phi) is 6.36. The number of nitrogens with zero attached hydrogens (tertiary/aromatic N) is 1. The average molecular weight is 424 g/mol. The maximum absolute atomic E-state index is 14.3. The van der Waals surface area contributed by atoms with Gasteiger partial charge in [0, 0.05) is 30.4 Å². The number of carbonyl (C=O) groups excluding carboxylic acids is 1. The summed E-state index contributed by atoms with van der Waals surface area (Å²) in [5.74, 6) is -0.596. The van der Waals surface area contributed by atoms with E-state index in [1.54, 1.807) is 18.2 Å². The summed E-state index contributed by atoms with van der Waals surface area (Å²) in [6, 6.07) is 8.02. The second-order valence-corrected chi connectivity index (χ2v) is 8.09.